The Balaban J connectivity index is 2.30. The van der Waals surface area contributed by atoms with Gasteiger partial charge in [0.25, 0.3) is 0 Å². The minimum atomic E-state index is -0.418. The third-order valence-electron chi connectivity index (χ3n) is 3.03. The highest BCUT2D eigenvalue weighted by Gasteiger charge is 2.16. The molecule has 0 aliphatic carbocycles. The summed E-state index contributed by atoms with van der Waals surface area (Å²) < 4.78 is 13.9. The fraction of sp³-hybridized carbons (Fsp3) is 0.143. The van der Waals surface area contributed by atoms with Crippen LogP contribution in [0, 0.1) is 5.82 Å². The number of nitrogen functional groups attached to an aromatic ring is 1. The maximum absolute atomic E-state index is 13.9. The molecule has 0 saturated carbocycles. The minimum Gasteiger partial charge on any atom is -0.398 e. The largest absolute Gasteiger partial charge is 0.398 e. The van der Waals surface area contributed by atoms with E-state index in [1.54, 1.807) is 18.2 Å². The number of nitrogens with one attached hydrogen (secondary N) is 1. The average Bonchev–Trinajstić information content (AvgIpc) is 2.41. The van der Waals surface area contributed by atoms with Crippen LogP contribution in [0.4, 0.5) is 10.1 Å². The van der Waals surface area contributed by atoms with Crippen LogP contribution >= 0.6 is 11.6 Å². The van der Waals surface area contributed by atoms with Gasteiger partial charge in [-0.3, -0.25) is 11.3 Å². The monoisotopic (exact) mass is 279 g/mol. The molecule has 2 aromatic rings. The third-order valence-corrected chi connectivity index (χ3v) is 3.32. The Labute approximate surface area is 116 Å². The zero-order valence-electron chi connectivity index (χ0n) is 10.2. The first-order chi connectivity index (χ1) is 9.13. The van der Waals surface area contributed by atoms with Gasteiger partial charge in [0, 0.05) is 5.69 Å². The first-order valence-corrected chi connectivity index (χ1v) is 6.24. The molecule has 1 unspecified atom stereocenters. The molecular formula is C14H15ClFN3. The summed E-state index contributed by atoms with van der Waals surface area (Å²) in [5.74, 6) is 5.13. The zero-order valence-corrected chi connectivity index (χ0v) is 11.0. The summed E-state index contributed by atoms with van der Waals surface area (Å²) in [5, 5.41) is 0.106. The van der Waals surface area contributed by atoms with Crippen LogP contribution in [0.3, 0.4) is 0 Å². The minimum absolute atomic E-state index is 0.106. The van der Waals surface area contributed by atoms with Crippen molar-refractivity contribution in [3.8, 4) is 0 Å². The molecule has 0 saturated heterocycles. The standard InChI is InChI=1S/C14H15ClFN3/c15-11-6-3-4-9(14(11)16)8-13(19-18)10-5-1-2-7-12(10)17/h1-7,13,19H,8,17-18H2. The summed E-state index contributed by atoms with van der Waals surface area (Å²) in [6.07, 6.45) is 0.372. The molecule has 0 aliphatic rings. The summed E-state index contributed by atoms with van der Waals surface area (Å²) in [6, 6.07) is 12.0. The summed E-state index contributed by atoms with van der Waals surface area (Å²) >= 11 is 5.77. The quantitative estimate of drug-likeness (QED) is 0.458. The molecule has 19 heavy (non-hydrogen) atoms. The van der Waals surface area contributed by atoms with E-state index in [0.29, 0.717) is 17.7 Å². The number of para-hydroxylation sites is 1. The molecule has 1 atom stereocenters. The second-order valence-corrected chi connectivity index (χ2v) is 4.67. The Kier molecular flexibility index (Phi) is 4.37. The normalized spacial score (nSPS) is 12.4. The predicted molar refractivity (Wildman–Crippen MR) is 76.0 cm³/mol. The van der Waals surface area contributed by atoms with Crippen LogP contribution in [0.15, 0.2) is 42.5 Å². The molecule has 0 spiro atoms. The van der Waals surface area contributed by atoms with Crippen LogP contribution in [-0.4, -0.2) is 0 Å². The number of hydrazine groups is 1. The topological polar surface area (TPSA) is 64.1 Å². The summed E-state index contributed by atoms with van der Waals surface area (Å²) in [4.78, 5) is 0. The van der Waals surface area contributed by atoms with Crippen LogP contribution < -0.4 is 17.0 Å². The molecule has 5 heteroatoms. The van der Waals surface area contributed by atoms with Crippen molar-refractivity contribution >= 4 is 17.3 Å². The van der Waals surface area contributed by atoms with Crippen molar-refractivity contribution in [2.24, 2.45) is 5.84 Å². The summed E-state index contributed by atoms with van der Waals surface area (Å²) in [7, 11) is 0. The van der Waals surface area contributed by atoms with E-state index in [-0.39, 0.29) is 11.1 Å². The lowest BCUT2D eigenvalue weighted by Crippen LogP contribution is -2.30. The van der Waals surface area contributed by atoms with E-state index in [0.717, 1.165) is 5.56 Å². The summed E-state index contributed by atoms with van der Waals surface area (Å²) in [5.41, 5.74) is 10.5. The Morgan fingerprint density at radius 1 is 1.16 bits per heavy atom. The van der Waals surface area contributed by atoms with Gasteiger partial charge in [-0.15, -0.1) is 0 Å². The molecule has 0 aliphatic heterocycles. The molecule has 0 radical (unpaired) electrons. The van der Waals surface area contributed by atoms with Gasteiger partial charge in [-0.2, -0.15) is 0 Å². The first kappa shape index (κ1) is 13.8. The number of halogens is 2. The molecule has 0 heterocycles. The molecule has 0 fully saturated rings. The van der Waals surface area contributed by atoms with E-state index in [1.807, 2.05) is 18.2 Å². The molecular weight excluding hydrogens is 265 g/mol. The lowest BCUT2D eigenvalue weighted by molar-refractivity contribution is 0.530. The molecule has 3 nitrogen and oxygen atoms in total. The highest BCUT2D eigenvalue weighted by atomic mass is 35.5. The smallest absolute Gasteiger partial charge is 0.145 e. The lowest BCUT2D eigenvalue weighted by atomic mass is 9.98. The second kappa shape index (κ2) is 6.02. The van der Waals surface area contributed by atoms with Gasteiger partial charge in [-0.1, -0.05) is 41.9 Å². The van der Waals surface area contributed by atoms with Gasteiger partial charge >= 0.3 is 0 Å². The number of hydrogen-bond acceptors (Lipinski definition) is 3. The van der Waals surface area contributed by atoms with E-state index < -0.39 is 5.82 Å². The van der Waals surface area contributed by atoms with E-state index in [9.17, 15) is 4.39 Å². The average molecular weight is 280 g/mol. The molecule has 100 valence electrons. The predicted octanol–water partition coefficient (Wildman–Crippen LogP) is 2.81. The van der Waals surface area contributed by atoms with E-state index >= 15 is 0 Å². The van der Waals surface area contributed by atoms with Crippen molar-refractivity contribution in [3.05, 3.63) is 64.4 Å². The maximum Gasteiger partial charge on any atom is 0.145 e. The Morgan fingerprint density at radius 3 is 2.58 bits per heavy atom. The van der Waals surface area contributed by atoms with E-state index in [4.69, 9.17) is 23.2 Å². The summed E-state index contributed by atoms with van der Waals surface area (Å²) in [6.45, 7) is 0. The SMILES string of the molecule is NNC(Cc1cccc(Cl)c1F)c1ccccc1N. The number of benzene rings is 2. The van der Waals surface area contributed by atoms with Crippen molar-refractivity contribution in [2.45, 2.75) is 12.5 Å². The Hall–Kier alpha value is -1.62. The van der Waals surface area contributed by atoms with Gasteiger partial charge < -0.3 is 5.73 Å². The van der Waals surface area contributed by atoms with Gasteiger partial charge in [0.15, 0.2) is 0 Å². The van der Waals surface area contributed by atoms with Crippen molar-refractivity contribution < 1.29 is 4.39 Å². The highest BCUT2D eigenvalue weighted by molar-refractivity contribution is 6.30. The van der Waals surface area contributed by atoms with Gasteiger partial charge in [0.2, 0.25) is 0 Å². The van der Waals surface area contributed by atoms with Gasteiger partial charge in [0.1, 0.15) is 5.82 Å². The van der Waals surface area contributed by atoms with Crippen LogP contribution in [0.2, 0.25) is 5.02 Å². The molecule has 0 amide bonds. The van der Waals surface area contributed by atoms with Crippen LogP contribution in [0.5, 0.6) is 0 Å². The molecule has 2 aromatic carbocycles. The third kappa shape index (κ3) is 3.04. The maximum atomic E-state index is 13.9. The van der Waals surface area contributed by atoms with Crippen molar-refractivity contribution in [1.82, 2.24) is 5.43 Å². The molecule has 2 rings (SSSR count). The number of rotatable bonds is 4. The van der Waals surface area contributed by atoms with Crippen LogP contribution in [-0.2, 0) is 6.42 Å². The van der Waals surface area contributed by atoms with Crippen molar-refractivity contribution in [2.75, 3.05) is 5.73 Å². The number of anilines is 1. The fourth-order valence-electron chi connectivity index (χ4n) is 2.01. The van der Waals surface area contributed by atoms with E-state index in [2.05, 4.69) is 5.43 Å². The van der Waals surface area contributed by atoms with Gasteiger partial charge in [0.05, 0.1) is 11.1 Å². The number of nitrogens with two attached hydrogens (primary N) is 2. The second-order valence-electron chi connectivity index (χ2n) is 4.27. The first-order valence-electron chi connectivity index (χ1n) is 5.87. The lowest BCUT2D eigenvalue weighted by Gasteiger charge is -2.18. The van der Waals surface area contributed by atoms with Crippen molar-refractivity contribution in [1.29, 1.82) is 0 Å². The van der Waals surface area contributed by atoms with Gasteiger partial charge in [-0.05, 0) is 29.7 Å². The molecule has 5 N–H and O–H groups in total. The highest BCUT2D eigenvalue weighted by Crippen LogP contribution is 2.26. The van der Waals surface area contributed by atoms with Crippen molar-refractivity contribution in [3.63, 3.8) is 0 Å². The van der Waals surface area contributed by atoms with Crippen LogP contribution in [0.25, 0.3) is 0 Å². The Bertz CT molecular complexity index is 574. The zero-order chi connectivity index (χ0) is 13.8. The van der Waals surface area contributed by atoms with Crippen LogP contribution in [0.1, 0.15) is 17.2 Å². The Morgan fingerprint density at radius 2 is 1.89 bits per heavy atom. The van der Waals surface area contributed by atoms with Gasteiger partial charge in [-0.25, -0.2) is 4.39 Å². The molecule has 0 bridgehead atoms. The number of hydrogen-bond donors (Lipinski definition) is 3. The van der Waals surface area contributed by atoms with E-state index in [1.165, 1.54) is 6.07 Å². The fourth-order valence-corrected chi connectivity index (χ4v) is 2.21. The molecule has 0 aromatic heterocycles.